The van der Waals surface area contributed by atoms with E-state index in [9.17, 15) is 19.1 Å². The van der Waals surface area contributed by atoms with Crippen molar-refractivity contribution in [3.63, 3.8) is 0 Å². The first-order valence-corrected chi connectivity index (χ1v) is 9.93. The maximum atomic E-state index is 13.9. The molecule has 0 atom stereocenters. The summed E-state index contributed by atoms with van der Waals surface area (Å²) in [5, 5.41) is 17.7. The van der Waals surface area contributed by atoms with Crippen molar-refractivity contribution in [2.24, 2.45) is 0 Å². The molecular formula is C22H19FN4O4. The number of esters is 1. The van der Waals surface area contributed by atoms with Gasteiger partial charge in [0.1, 0.15) is 22.7 Å². The Morgan fingerprint density at radius 2 is 1.94 bits per heavy atom. The van der Waals surface area contributed by atoms with Crippen molar-refractivity contribution >= 4 is 17.7 Å². The van der Waals surface area contributed by atoms with E-state index in [2.05, 4.69) is 15.4 Å². The fourth-order valence-corrected chi connectivity index (χ4v) is 4.30. The third kappa shape index (κ3) is 3.17. The molecule has 2 N–H and O–H groups in total. The Morgan fingerprint density at radius 3 is 2.71 bits per heavy atom. The molecule has 2 aromatic heterocycles. The van der Waals surface area contributed by atoms with E-state index in [0.717, 1.165) is 5.56 Å². The van der Waals surface area contributed by atoms with Gasteiger partial charge in [0.15, 0.2) is 5.82 Å². The minimum atomic E-state index is -1.63. The number of aromatic nitrogens is 3. The first-order chi connectivity index (χ1) is 14.9. The van der Waals surface area contributed by atoms with Crippen LogP contribution in [0.3, 0.4) is 0 Å². The Bertz CT molecular complexity index is 1180. The van der Waals surface area contributed by atoms with Crippen LogP contribution >= 0.6 is 0 Å². The third-order valence-corrected chi connectivity index (χ3v) is 6.06. The lowest BCUT2D eigenvalue weighted by atomic mass is 9.72. The van der Waals surface area contributed by atoms with Crippen molar-refractivity contribution in [1.29, 1.82) is 0 Å². The van der Waals surface area contributed by atoms with Crippen molar-refractivity contribution in [2.75, 3.05) is 5.32 Å². The number of amides is 1. The fourth-order valence-electron chi connectivity index (χ4n) is 4.30. The SMILES string of the molecule is O=C1OC2(CCC(O)(C(=O)Nc3ccn(-c4ccccc4F)n3)CC2)c2ccncc21. The molecule has 158 valence electrons. The molecule has 31 heavy (non-hydrogen) atoms. The summed E-state index contributed by atoms with van der Waals surface area (Å²) in [6, 6.07) is 9.42. The van der Waals surface area contributed by atoms with Crippen molar-refractivity contribution in [2.45, 2.75) is 36.9 Å². The standard InChI is InChI=1S/C22H19FN4O4/c23-16-3-1-2-4-17(16)27-12-6-18(26-27)25-20(29)21(30)7-9-22(10-8-21)15-5-11-24-13-14(15)19(28)31-22/h1-6,11-13,30H,7-10H2,(H,25,26,29). The Balaban J connectivity index is 1.30. The zero-order valence-corrected chi connectivity index (χ0v) is 16.4. The lowest BCUT2D eigenvalue weighted by Gasteiger charge is -2.40. The smallest absolute Gasteiger partial charge is 0.341 e. The molecule has 2 aliphatic rings. The average Bonchev–Trinajstić information content (AvgIpc) is 3.34. The van der Waals surface area contributed by atoms with Crippen LogP contribution in [0.25, 0.3) is 5.69 Å². The van der Waals surface area contributed by atoms with E-state index in [1.54, 1.807) is 30.5 Å². The van der Waals surface area contributed by atoms with Gasteiger partial charge in [0.2, 0.25) is 0 Å². The molecule has 3 aromatic rings. The number of fused-ring (bicyclic) bond motifs is 2. The zero-order valence-electron chi connectivity index (χ0n) is 16.4. The van der Waals surface area contributed by atoms with Crippen molar-refractivity contribution in [1.82, 2.24) is 14.8 Å². The second kappa shape index (κ2) is 6.98. The van der Waals surface area contributed by atoms with Gasteiger partial charge in [-0.15, -0.1) is 5.10 Å². The van der Waals surface area contributed by atoms with E-state index >= 15 is 0 Å². The number of aliphatic hydroxyl groups is 1. The van der Waals surface area contributed by atoms with Crippen LogP contribution in [0.5, 0.6) is 0 Å². The molecule has 0 saturated heterocycles. The Labute approximate surface area is 176 Å². The quantitative estimate of drug-likeness (QED) is 0.629. The van der Waals surface area contributed by atoms with Gasteiger partial charge in [-0.25, -0.2) is 13.9 Å². The fraction of sp³-hybridized carbons (Fsp3) is 0.273. The van der Waals surface area contributed by atoms with Crippen LogP contribution in [0.1, 0.15) is 41.6 Å². The van der Waals surface area contributed by atoms with Gasteiger partial charge in [-0.2, -0.15) is 0 Å². The molecule has 1 amide bonds. The summed E-state index contributed by atoms with van der Waals surface area (Å²) >= 11 is 0. The summed E-state index contributed by atoms with van der Waals surface area (Å²) in [6.45, 7) is 0. The van der Waals surface area contributed by atoms with Crippen LogP contribution < -0.4 is 5.32 Å². The molecule has 1 fully saturated rings. The summed E-state index contributed by atoms with van der Waals surface area (Å²) in [6.07, 6.45) is 5.45. The van der Waals surface area contributed by atoms with Gasteiger partial charge in [0.05, 0.1) is 5.56 Å². The number of rotatable bonds is 3. The number of pyridine rings is 1. The summed E-state index contributed by atoms with van der Waals surface area (Å²) in [4.78, 5) is 29.0. The van der Waals surface area contributed by atoms with Gasteiger partial charge in [-0.05, 0) is 43.9 Å². The van der Waals surface area contributed by atoms with Gasteiger partial charge >= 0.3 is 5.97 Å². The van der Waals surface area contributed by atoms with E-state index in [4.69, 9.17) is 4.74 Å². The van der Waals surface area contributed by atoms with Crippen LogP contribution in [0.15, 0.2) is 55.0 Å². The average molecular weight is 422 g/mol. The number of halogens is 1. The van der Waals surface area contributed by atoms with Gasteiger partial charge < -0.3 is 15.2 Å². The number of anilines is 1. The number of nitrogens with one attached hydrogen (secondary N) is 1. The molecule has 8 nitrogen and oxygen atoms in total. The van der Waals surface area contributed by atoms with Gasteiger partial charge in [0, 0.05) is 30.2 Å². The molecule has 0 bridgehead atoms. The Morgan fingerprint density at radius 1 is 1.16 bits per heavy atom. The number of hydrogen-bond acceptors (Lipinski definition) is 6. The van der Waals surface area contributed by atoms with Gasteiger partial charge in [-0.3, -0.25) is 9.78 Å². The van der Waals surface area contributed by atoms with E-state index in [0.29, 0.717) is 18.4 Å². The molecule has 1 aliphatic heterocycles. The van der Waals surface area contributed by atoms with Crippen LogP contribution in [-0.4, -0.2) is 37.3 Å². The highest BCUT2D eigenvalue weighted by molar-refractivity contribution is 5.97. The van der Waals surface area contributed by atoms with Crippen LogP contribution in [-0.2, 0) is 15.1 Å². The number of hydrogen-bond donors (Lipinski definition) is 2. The van der Waals surface area contributed by atoms with Crippen LogP contribution in [0.4, 0.5) is 10.2 Å². The molecule has 5 rings (SSSR count). The summed E-state index contributed by atoms with van der Waals surface area (Å²) in [7, 11) is 0. The van der Waals surface area contributed by atoms with E-state index in [1.165, 1.54) is 29.2 Å². The highest BCUT2D eigenvalue weighted by Crippen LogP contribution is 2.49. The lowest BCUT2D eigenvalue weighted by Crippen LogP contribution is -2.49. The number of carbonyl (C=O) groups excluding carboxylic acids is 2. The second-order valence-corrected chi connectivity index (χ2v) is 7.89. The first-order valence-electron chi connectivity index (χ1n) is 9.93. The molecule has 1 saturated carbocycles. The number of carbonyl (C=O) groups is 2. The lowest BCUT2D eigenvalue weighted by molar-refractivity contribution is -0.144. The number of nitrogens with zero attached hydrogens (tertiary/aromatic N) is 3. The van der Waals surface area contributed by atoms with Crippen molar-refractivity contribution in [3.05, 3.63) is 71.9 Å². The first kappa shape index (κ1) is 19.4. The van der Waals surface area contributed by atoms with E-state index < -0.39 is 28.9 Å². The molecular weight excluding hydrogens is 403 g/mol. The largest absolute Gasteiger partial charge is 0.450 e. The second-order valence-electron chi connectivity index (χ2n) is 7.89. The van der Waals surface area contributed by atoms with Gasteiger partial charge in [-0.1, -0.05) is 12.1 Å². The van der Waals surface area contributed by atoms with E-state index in [1.807, 2.05) is 0 Å². The monoisotopic (exact) mass is 422 g/mol. The molecule has 3 heterocycles. The number of ether oxygens (including phenoxy) is 1. The molecule has 9 heteroatoms. The topological polar surface area (TPSA) is 106 Å². The molecule has 1 aromatic carbocycles. The molecule has 0 unspecified atom stereocenters. The molecule has 0 radical (unpaired) electrons. The summed E-state index contributed by atoms with van der Waals surface area (Å²) in [5.74, 6) is -1.27. The number of benzene rings is 1. The third-order valence-electron chi connectivity index (χ3n) is 6.06. The summed E-state index contributed by atoms with van der Waals surface area (Å²) < 4.78 is 20.9. The highest BCUT2D eigenvalue weighted by Gasteiger charge is 2.53. The molecule has 1 aliphatic carbocycles. The molecule has 1 spiro atoms. The van der Waals surface area contributed by atoms with Gasteiger partial charge in [0.25, 0.3) is 5.91 Å². The van der Waals surface area contributed by atoms with Crippen molar-refractivity contribution in [3.8, 4) is 5.69 Å². The van der Waals surface area contributed by atoms with Crippen molar-refractivity contribution < 1.29 is 23.8 Å². The Kier molecular flexibility index (Phi) is 4.37. The number of para-hydroxylation sites is 1. The highest BCUT2D eigenvalue weighted by atomic mass is 19.1. The zero-order chi connectivity index (χ0) is 21.6. The normalized spacial score (nSPS) is 24.6. The van der Waals surface area contributed by atoms with Crippen LogP contribution in [0.2, 0.25) is 0 Å². The predicted molar refractivity (Wildman–Crippen MR) is 107 cm³/mol. The minimum Gasteiger partial charge on any atom is -0.450 e. The van der Waals surface area contributed by atoms with Crippen LogP contribution in [0, 0.1) is 5.82 Å². The minimum absolute atomic E-state index is 0.113. The predicted octanol–water partition coefficient (Wildman–Crippen LogP) is 2.72. The maximum Gasteiger partial charge on any atom is 0.341 e. The summed E-state index contributed by atoms with van der Waals surface area (Å²) in [5.41, 5.74) is -1.05. The van der Waals surface area contributed by atoms with E-state index in [-0.39, 0.29) is 24.3 Å². The Hall–Kier alpha value is -3.59. The maximum absolute atomic E-state index is 13.9.